The van der Waals surface area contributed by atoms with E-state index >= 15 is 0 Å². The number of rotatable bonds is 3. The first-order chi connectivity index (χ1) is 6.75. The summed E-state index contributed by atoms with van der Waals surface area (Å²) in [6.07, 6.45) is 1.73. The number of aliphatic hydroxyl groups excluding tert-OH is 1. The molecule has 3 heteroatoms. The van der Waals surface area contributed by atoms with E-state index in [9.17, 15) is 9.90 Å². The topological polar surface area (TPSA) is 46.5 Å². The molecule has 4 aliphatic rings. The van der Waals surface area contributed by atoms with Crippen molar-refractivity contribution in [2.24, 2.45) is 29.6 Å². The summed E-state index contributed by atoms with van der Waals surface area (Å²) in [6.45, 7) is 2.52. The maximum Gasteiger partial charge on any atom is 0.309 e. The molecular formula is C11H16O3. The first-order valence-electron chi connectivity index (χ1n) is 5.60. The molecule has 4 fully saturated rings. The number of carbonyl (C=O) groups excluding carboxylic acids is 1. The number of hydrogen-bond acceptors (Lipinski definition) is 3. The third-order valence-corrected chi connectivity index (χ3v) is 4.27. The van der Waals surface area contributed by atoms with E-state index in [2.05, 4.69) is 0 Å². The van der Waals surface area contributed by atoms with Crippen molar-refractivity contribution >= 4 is 5.97 Å². The molecule has 4 bridgehead atoms. The summed E-state index contributed by atoms with van der Waals surface area (Å²) < 4.78 is 5.17. The zero-order valence-electron chi connectivity index (χ0n) is 8.35. The fourth-order valence-corrected chi connectivity index (χ4v) is 3.74. The smallest absolute Gasteiger partial charge is 0.309 e. The highest BCUT2D eigenvalue weighted by Gasteiger charge is 2.75. The van der Waals surface area contributed by atoms with Gasteiger partial charge in [-0.25, -0.2) is 0 Å². The van der Waals surface area contributed by atoms with E-state index < -0.39 is 0 Å². The highest BCUT2D eigenvalue weighted by molar-refractivity contribution is 5.75. The average molecular weight is 196 g/mol. The molecule has 0 amide bonds. The van der Waals surface area contributed by atoms with Crippen molar-refractivity contribution in [3.63, 3.8) is 0 Å². The highest BCUT2D eigenvalue weighted by atomic mass is 16.5. The van der Waals surface area contributed by atoms with E-state index in [4.69, 9.17) is 4.74 Å². The summed E-state index contributed by atoms with van der Waals surface area (Å²) >= 11 is 0. The zero-order chi connectivity index (χ0) is 9.87. The molecule has 6 atom stereocenters. The molecule has 0 aliphatic heterocycles. The predicted molar refractivity (Wildman–Crippen MR) is 49.3 cm³/mol. The second kappa shape index (κ2) is 2.72. The van der Waals surface area contributed by atoms with Gasteiger partial charge < -0.3 is 9.84 Å². The van der Waals surface area contributed by atoms with Crippen molar-refractivity contribution in [1.82, 2.24) is 0 Å². The van der Waals surface area contributed by atoms with Crippen molar-refractivity contribution < 1.29 is 14.6 Å². The number of carbonyl (C=O) groups is 1. The van der Waals surface area contributed by atoms with Crippen LogP contribution in [0.5, 0.6) is 0 Å². The Morgan fingerprint density at radius 1 is 1.43 bits per heavy atom. The van der Waals surface area contributed by atoms with Gasteiger partial charge in [0.1, 0.15) is 0 Å². The monoisotopic (exact) mass is 196 g/mol. The molecule has 4 rings (SSSR count). The minimum absolute atomic E-state index is 0.0338. The Bertz CT molecular complexity index is 276. The van der Waals surface area contributed by atoms with E-state index in [0.717, 1.165) is 12.8 Å². The number of aliphatic hydroxyl groups is 1. The van der Waals surface area contributed by atoms with Gasteiger partial charge in [0.05, 0.1) is 18.6 Å². The second-order valence-corrected chi connectivity index (χ2v) is 4.90. The zero-order valence-corrected chi connectivity index (χ0v) is 8.35. The fraction of sp³-hybridized carbons (Fsp3) is 0.909. The standard InChI is InChI=1S/C11H16O3/c1-2-3-14-11(13)9-6-4-5-7(9)8(5)10(6)12/h5-10,12H,2-4H2,1H3/t5?,6-,7-,8?,9-,10?/m0/s1. The number of esters is 1. The molecule has 3 unspecified atom stereocenters. The SMILES string of the molecule is CCCOC(=O)[C@@H]1[C@H]2C3C[C@@H]1C(O)C32. The van der Waals surface area contributed by atoms with Gasteiger partial charge in [-0.2, -0.15) is 0 Å². The van der Waals surface area contributed by atoms with Gasteiger partial charge in [-0.3, -0.25) is 4.79 Å². The average Bonchev–Trinajstić information content (AvgIpc) is 2.51. The maximum absolute atomic E-state index is 11.7. The number of ether oxygens (including phenoxy) is 1. The Balaban J connectivity index is 1.68. The lowest BCUT2D eigenvalue weighted by molar-refractivity contribution is -0.150. The number of hydrogen-bond donors (Lipinski definition) is 1. The summed E-state index contributed by atoms with van der Waals surface area (Å²) in [4.78, 5) is 11.7. The van der Waals surface area contributed by atoms with Gasteiger partial charge >= 0.3 is 5.97 Å². The molecule has 0 radical (unpaired) electrons. The van der Waals surface area contributed by atoms with Crippen LogP contribution >= 0.6 is 0 Å². The van der Waals surface area contributed by atoms with E-state index in [0.29, 0.717) is 24.4 Å². The molecule has 14 heavy (non-hydrogen) atoms. The largest absolute Gasteiger partial charge is 0.465 e. The Labute approximate surface area is 83.4 Å². The van der Waals surface area contributed by atoms with Gasteiger partial charge in [-0.15, -0.1) is 0 Å². The first kappa shape index (κ1) is 8.72. The summed E-state index contributed by atoms with van der Waals surface area (Å²) in [6, 6.07) is 0. The van der Waals surface area contributed by atoms with Crippen molar-refractivity contribution in [2.75, 3.05) is 6.61 Å². The quantitative estimate of drug-likeness (QED) is 0.679. The van der Waals surface area contributed by atoms with Crippen molar-refractivity contribution in [2.45, 2.75) is 25.9 Å². The molecule has 0 heterocycles. The van der Waals surface area contributed by atoms with Crippen LogP contribution in [0.25, 0.3) is 0 Å². The van der Waals surface area contributed by atoms with Gasteiger partial charge in [-0.1, -0.05) is 6.92 Å². The van der Waals surface area contributed by atoms with Gasteiger partial charge in [0.25, 0.3) is 0 Å². The molecule has 4 aliphatic carbocycles. The lowest BCUT2D eigenvalue weighted by Crippen LogP contribution is -2.25. The van der Waals surface area contributed by atoms with Crippen LogP contribution < -0.4 is 0 Å². The normalized spacial score (nSPS) is 52.1. The molecule has 0 aromatic rings. The highest BCUT2D eigenvalue weighted by Crippen LogP contribution is 2.73. The fourth-order valence-electron chi connectivity index (χ4n) is 3.74. The molecule has 0 spiro atoms. The van der Waals surface area contributed by atoms with E-state index in [-0.39, 0.29) is 23.9 Å². The summed E-state index contributed by atoms with van der Waals surface area (Å²) in [5.74, 6) is 1.77. The third-order valence-electron chi connectivity index (χ3n) is 4.27. The molecule has 0 aromatic carbocycles. The van der Waals surface area contributed by atoms with Crippen LogP contribution in [0.15, 0.2) is 0 Å². The van der Waals surface area contributed by atoms with Crippen LogP contribution in [0.3, 0.4) is 0 Å². The van der Waals surface area contributed by atoms with E-state index in [1.165, 1.54) is 0 Å². The first-order valence-corrected chi connectivity index (χ1v) is 5.60. The molecular weight excluding hydrogens is 180 g/mol. The van der Waals surface area contributed by atoms with Crippen LogP contribution in [0.2, 0.25) is 0 Å². The van der Waals surface area contributed by atoms with Crippen LogP contribution in [0.4, 0.5) is 0 Å². The molecule has 1 N–H and O–H groups in total. The Morgan fingerprint density at radius 2 is 2.21 bits per heavy atom. The van der Waals surface area contributed by atoms with Gasteiger partial charge in [0.2, 0.25) is 0 Å². The van der Waals surface area contributed by atoms with Crippen LogP contribution in [-0.4, -0.2) is 23.8 Å². The maximum atomic E-state index is 11.7. The van der Waals surface area contributed by atoms with Crippen LogP contribution in [-0.2, 0) is 9.53 Å². The van der Waals surface area contributed by atoms with Crippen LogP contribution in [0.1, 0.15) is 19.8 Å². The minimum Gasteiger partial charge on any atom is -0.465 e. The van der Waals surface area contributed by atoms with Gasteiger partial charge in [0.15, 0.2) is 0 Å². The Kier molecular flexibility index (Phi) is 1.69. The third kappa shape index (κ3) is 0.888. The van der Waals surface area contributed by atoms with Crippen molar-refractivity contribution in [3.05, 3.63) is 0 Å². The van der Waals surface area contributed by atoms with E-state index in [1.54, 1.807) is 0 Å². The second-order valence-electron chi connectivity index (χ2n) is 4.90. The lowest BCUT2D eigenvalue weighted by atomic mass is 9.97. The summed E-state index contributed by atoms with van der Waals surface area (Å²) in [5.41, 5.74) is 0. The molecule has 78 valence electrons. The minimum atomic E-state index is -0.204. The Morgan fingerprint density at radius 3 is 2.64 bits per heavy atom. The van der Waals surface area contributed by atoms with Crippen LogP contribution in [0, 0.1) is 29.6 Å². The predicted octanol–water partition coefficient (Wildman–Crippen LogP) is 0.812. The van der Waals surface area contributed by atoms with Crippen molar-refractivity contribution in [3.8, 4) is 0 Å². The Hall–Kier alpha value is -0.570. The molecule has 4 saturated carbocycles. The molecule has 0 aromatic heterocycles. The lowest BCUT2D eigenvalue weighted by Gasteiger charge is -2.15. The van der Waals surface area contributed by atoms with Gasteiger partial charge in [0, 0.05) is 0 Å². The molecule has 0 saturated heterocycles. The molecule has 3 nitrogen and oxygen atoms in total. The summed E-state index contributed by atoms with van der Waals surface area (Å²) in [7, 11) is 0. The van der Waals surface area contributed by atoms with E-state index in [1.807, 2.05) is 6.92 Å². The summed E-state index contributed by atoms with van der Waals surface area (Å²) in [5, 5.41) is 9.79. The van der Waals surface area contributed by atoms with Gasteiger partial charge in [-0.05, 0) is 36.5 Å². The van der Waals surface area contributed by atoms with Crippen molar-refractivity contribution in [1.29, 1.82) is 0 Å².